The third-order valence-electron chi connectivity index (χ3n) is 5.22. The second kappa shape index (κ2) is 10.5. The lowest BCUT2D eigenvalue weighted by atomic mass is 9.95. The van der Waals surface area contributed by atoms with Crippen molar-refractivity contribution in [1.82, 2.24) is 4.90 Å². The molecule has 7 heteroatoms. The molecular weight excluding hydrogens is 396 g/mol. The number of carbonyl (C=O) groups excluding carboxylic acids is 2. The second-order valence-electron chi connectivity index (χ2n) is 7.28. The van der Waals surface area contributed by atoms with Crippen LogP contribution in [0.15, 0.2) is 55.1 Å². The maximum Gasteiger partial charge on any atom is 0.254 e. The zero-order valence-corrected chi connectivity index (χ0v) is 17.9. The van der Waals surface area contributed by atoms with Crippen molar-refractivity contribution in [3.63, 3.8) is 0 Å². The van der Waals surface area contributed by atoms with Crippen LogP contribution in [0.4, 0.5) is 5.69 Å². The van der Waals surface area contributed by atoms with Crippen molar-refractivity contribution in [2.45, 2.75) is 12.8 Å². The first-order valence-corrected chi connectivity index (χ1v) is 10.2. The van der Waals surface area contributed by atoms with E-state index in [2.05, 4.69) is 11.9 Å². The summed E-state index contributed by atoms with van der Waals surface area (Å²) in [7, 11) is 3.10. The maximum atomic E-state index is 12.9. The van der Waals surface area contributed by atoms with Gasteiger partial charge in [-0.25, -0.2) is 0 Å². The van der Waals surface area contributed by atoms with Gasteiger partial charge in [-0.2, -0.15) is 0 Å². The van der Waals surface area contributed by atoms with Crippen LogP contribution in [-0.4, -0.2) is 50.6 Å². The van der Waals surface area contributed by atoms with E-state index in [0.29, 0.717) is 61.0 Å². The molecule has 1 saturated heterocycles. The standard InChI is InChI=1S/C24H28N2O5/c1-4-12-31-20-7-5-6-19(15-20)25-23(27)17-8-10-26(11-9-17)24(28)18-13-21(29-2)16-22(14-18)30-3/h4-7,13-17H,1,8-12H2,2-3H3,(H,25,27). The number of piperidine rings is 1. The summed E-state index contributed by atoms with van der Waals surface area (Å²) in [5.74, 6) is 1.51. The van der Waals surface area contributed by atoms with Gasteiger partial charge in [0.15, 0.2) is 0 Å². The van der Waals surface area contributed by atoms with Crippen molar-refractivity contribution in [2.24, 2.45) is 5.92 Å². The highest BCUT2D eigenvalue weighted by atomic mass is 16.5. The molecular formula is C24H28N2O5. The molecule has 0 aromatic heterocycles. The number of nitrogens with one attached hydrogen (secondary N) is 1. The number of anilines is 1. The number of hydrogen-bond acceptors (Lipinski definition) is 5. The normalized spacial score (nSPS) is 13.9. The smallest absolute Gasteiger partial charge is 0.254 e. The molecule has 2 aromatic carbocycles. The molecule has 0 saturated carbocycles. The minimum absolute atomic E-state index is 0.0454. The molecule has 31 heavy (non-hydrogen) atoms. The number of nitrogens with zero attached hydrogens (tertiary/aromatic N) is 1. The molecule has 3 rings (SSSR count). The Morgan fingerprint density at radius 2 is 1.74 bits per heavy atom. The van der Waals surface area contributed by atoms with Gasteiger partial charge in [-0.15, -0.1) is 0 Å². The van der Waals surface area contributed by atoms with Crippen LogP contribution < -0.4 is 19.5 Å². The van der Waals surface area contributed by atoms with Crippen LogP contribution in [0.5, 0.6) is 17.2 Å². The van der Waals surface area contributed by atoms with Gasteiger partial charge in [0.1, 0.15) is 23.9 Å². The molecule has 1 heterocycles. The van der Waals surface area contributed by atoms with Gasteiger partial charge in [-0.3, -0.25) is 9.59 Å². The van der Waals surface area contributed by atoms with Crippen LogP contribution in [0.1, 0.15) is 23.2 Å². The van der Waals surface area contributed by atoms with Gasteiger partial charge in [0.05, 0.1) is 14.2 Å². The Labute approximate surface area is 182 Å². The average molecular weight is 424 g/mol. The lowest BCUT2D eigenvalue weighted by molar-refractivity contribution is -0.121. The zero-order chi connectivity index (χ0) is 22.2. The summed E-state index contributed by atoms with van der Waals surface area (Å²) < 4.78 is 16.0. The Morgan fingerprint density at radius 1 is 1.06 bits per heavy atom. The molecule has 0 radical (unpaired) electrons. The third-order valence-corrected chi connectivity index (χ3v) is 5.22. The van der Waals surface area contributed by atoms with E-state index in [1.165, 1.54) is 0 Å². The predicted molar refractivity (Wildman–Crippen MR) is 119 cm³/mol. The molecule has 2 amide bonds. The highest BCUT2D eigenvalue weighted by Gasteiger charge is 2.28. The number of carbonyl (C=O) groups is 2. The Morgan fingerprint density at radius 3 is 2.35 bits per heavy atom. The van der Waals surface area contributed by atoms with Crippen molar-refractivity contribution in [3.05, 3.63) is 60.7 Å². The lowest BCUT2D eigenvalue weighted by Gasteiger charge is -2.31. The molecule has 1 N–H and O–H groups in total. The summed E-state index contributed by atoms with van der Waals surface area (Å²) in [5, 5.41) is 2.95. The largest absolute Gasteiger partial charge is 0.497 e. The second-order valence-corrected chi connectivity index (χ2v) is 7.28. The van der Waals surface area contributed by atoms with Gasteiger partial charge >= 0.3 is 0 Å². The fourth-order valence-electron chi connectivity index (χ4n) is 3.52. The summed E-state index contributed by atoms with van der Waals surface area (Å²) >= 11 is 0. The Balaban J connectivity index is 1.57. The van der Waals surface area contributed by atoms with Gasteiger partial charge in [0.2, 0.25) is 5.91 Å². The summed E-state index contributed by atoms with van der Waals surface area (Å²) in [6.45, 7) is 5.06. The van der Waals surface area contributed by atoms with E-state index in [-0.39, 0.29) is 17.7 Å². The summed E-state index contributed by atoms with van der Waals surface area (Å²) in [5.41, 5.74) is 1.20. The lowest BCUT2D eigenvalue weighted by Crippen LogP contribution is -2.41. The van der Waals surface area contributed by atoms with E-state index >= 15 is 0 Å². The highest BCUT2D eigenvalue weighted by Crippen LogP contribution is 2.26. The molecule has 2 aromatic rings. The Kier molecular flexibility index (Phi) is 7.54. The average Bonchev–Trinajstić information content (AvgIpc) is 2.82. The monoisotopic (exact) mass is 424 g/mol. The molecule has 1 fully saturated rings. The van der Waals surface area contributed by atoms with E-state index in [9.17, 15) is 9.59 Å². The molecule has 0 spiro atoms. The zero-order valence-electron chi connectivity index (χ0n) is 17.9. The van der Waals surface area contributed by atoms with Crippen molar-refractivity contribution in [1.29, 1.82) is 0 Å². The van der Waals surface area contributed by atoms with Gasteiger partial charge in [0, 0.05) is 42.4 Å². The van der Waals surface area contributed by atoms with Gasteiger partial charge in [-0.1, -0.05) is 18.7 Å². The van der Waals surface area contributed by atoms with Gasteiger partial charge in [0.25, 0.3) is 5.91 Å². The molecule has 0 atom stereocenters. The quantitative estimate of drug-likeness (QED) is 0.653. The number of benzene rings is 2. The topological polar surface area (TPSA) is 77.1 Å². The van der Waals surface area contributed by atoms with Gasteiger partial charge < -0.3 is 24.4 Å². The molecule has 7 nitrogen and oxygen atoms in total. The van der Waals surface area contributed by atoms with E-state index in [0.717, 1.165) is 0 Å². The number of hydrogen-bond donors (Lipinski definition) is 1. The number of rotatable bonds is 8. The van der Waals surface area contributed by atoms with Crippen molar-refractivity contribution < 1.29 is 23.8 Å². The maximum absolute atomic E-state index is 12.9. The van der Waals surface area contributed by atoms with E-state index in [4.69, 9.17) is 14.2 Å². The van der Waals surface area contributed by atoms with Crippen LogP contribution in [0, 0.1) is 5.92 Å². The van der Waals surface area contributed by atoms with Crippen LogP contribution in [-0.2, 0) is 4.79 Å². The first kappa shape index (κ1) is 22.2. The molecule has 1 aliphatic rings. The SMILES string of the molecule is C=CCOc1cccc(NC(=O)C2CCN(C(=O)c3cc(OC)cc(OC)c3)CC2)c1. The predicted octanol–water partition coefficient (Wildman–Crippen LogP) is 3.76. The Hall–Kier alpha value is -3.48. The molecule has 0 unspecified atom stereocenters. The molecule has 0 aliphatic carbocycles. The first-order chi connectivity index (χ1) is 15.0. The molecule has 164 valence electrons. The van der Waals surface area contributed by atoms with Crippen LogP contribution in [0.2, 0.25) is 0 Å². The highest BCUT2D eigenvalue weighted by molar-refractivity contribution is 5.96. The van der Waals surface area contributed by atoms with Gasteiger partial charge in [-0.05, 0) is 37.1 Å². The van der Waals surface area contributed by atoms with Crippen LogP contribution in [0.3, 0.4) is 0 Å². The summed E-state index contributed by atoms with van der Waals surface area (Å²) in [4.78, 5) is 27.4. The van der Waals surface area contributed by atoms with Crippen molar-refractivity contribution in [3.8, 4) is 17.2 Å². The van der Waals surface area contributed by atoms with Crippen LogP contribution in [0.25, 0.3) is 0 Å². The minimum Gasteiger partial charge on any atom is -0.497 e. The van der Waals surface area contributed by atoms with Crippen LogP contribution >= 0.6 is 0 Å². The molecule has 0 bridgehead atoms. The van der Waals surface area contributed by atoms with E-state index in [1.54, 1.807) is 49.5 Å². The Bertz CT molecular complexity index is 913. The van der Waals surface area contributed by atoms with E-state index in [1.807, 2.05) is 18.2 Å². The third kappa shape index (κ3) is 5.78. The minimum atomic E-state index is -0.151. The van der Waals surface area contributed by atoms with Crippen molar-refractivity contribution in [2.75, 3.05) is 39.2 Å². The number of likely N-dealkylation sites (tertiary alicyclic amines) is 1. The number of methoxy groups -OCH3 is 2. The van der Waals surface area contributed by atoms with Crippen molar-refractivity contribution >= 4 is 17.5 Å². The molecule has 1 aliphatic heterocycles. The van der Waals surface area contributed by atoms with E-state index < -0.39 is 0 Å². The number of amides is 2. The summed E-state index contributed by atoms with van der Waals surface area (Å²) in [6.07, 6.45) is 2.87. The fourth-order valence-corrected chi connectivity index (χ4v) is 3.52. The first-order valence-electron chi connectivity index (χ1n) is 10.2. The number of ether oxygens (including phenoxy) is 3. The fraction of sp³-hybridized carbons (Fsp3) is 0.333. The summed E-state index contributed by atoms with van der Waals surface area (Å²) in [6, 6.07) is 12.4.